The molecule has 2 atom stereocenters. The van der Waals surface area contributed by atoms with E-state index in [2.05, 4.69) is 31.5 Å². The number of benzene rings is 1. The molecule has 0 saturated carbocycles. The minimum absolute atomic E-state index is 0.0366. The Morgan fingerprint density at radius 2 is 2.06 bits per heavy atom. The summed E-state index contributed by atoms with van der Waals surface area (Å²) in [4.78, 5) is 11.3. The number of hydrogen-bond acceptors (Lipinski definition) is 6. The Hall–Kier alpha value is -3.15. The van der Waals surface area contributed by atoms with E-state index in [0.717, 1.165) is 37.3 Å². The highest BCUT2D eigenvalue weighted by molar-refractivity contribution is 6.23. The van der Waals surface area contributed by atoms with Gasteiger partial charge in [0.05, 0.1) is 28.8 Å². The molecule has 1 fully saturated rings. The predicted octanol–water partition coefficient (Wildman–Crippen LogP) is 3.57. The second-order valence-electron chi connectivity index (χ2n) is 8.04. The summed E-state index contributed by atoms with van der Waals surface area (Å²) in [6.07, 6.45) is 9.25. The van der Waals surface area contributed by atoms with Crippen LogP contribution in [0.15, 0.2) is 41.2 Å². The van der Waals surface area contributed by atoms with E-state index in [1.54, 1.807) is 18.3 Å². The summed E-state index contributed by atoms with van der Waals surface area (Å²) in [5.41, 5.74) is 4.86. The molecule has 2 aromatic rings. The maximum atomic E-state index is 14.6. The molecule has 164 valence electrons. The SMILES string of the molecule is C#CC1CCCN(c2cc3c(cn2)N=C(c2c(F)cccc2F)NC2=C3NN(C)C2Cl)C1. The van der Waals surface area contributed by atoms with E-state index in [4.69, 9.17) is 18.0 Å². The molecule has 4 heterocycles. The van der Waals surface area contributed by atoms with Crippen molar-refractivity contribution in [1.82, 2.24) is 20.7 Å². The number of alkyl halides is 1. The number of hydrazine groups is 1. The molecular formula is C23H21ClF2N6. The van der Waals surface area contributed by atoms with Crippen LogP contribution in [0, 0.1) is 29.9 Å². The van der Waals surface area contributed by atoms with Crippen molar-refractivity contribution in [3.8, 4) is 12.3 Å². The van der Waals surface area contributed by atoms with Crippen LogP contribution in [0.5, 0.6) is 0 Å². The Bertz CT molecular complexity index is 1170. The third kappa shape index (κ3) is 3.48. The Morgan fingerprint density at radius 1 is 1.28 bits per heavy atom. The molecule has 32 heavy (non-hydrogen) atoms. The van der Waals surface area contributed by atoms with Crippen LogP contribution in [-0.2, 0) is 0 Å². The largest absolute Gasteiger partial charge is 0.355 e. The van der Waals surface area contributed by atoms with E-state index in [1.165, 1.54) is 18.2 Å². The first-order chi connectivity index (χ1) is 15.5. The maximum Gasteiger partial charge on any atom is 0.144 e. The maximum absolute atomic E-state index is 14.6. The van der Waals surface area contributed by atoms with Gasteiger partial charge in [-0.05, 0) is 31.0 Å². The van der Waals surface area contributed by atoms with Crippen LogP contribution in [-0.4, -0.2) is 41.5 Å². The van der Waals surface area contributed by atoms with Crippen LogP contribution in [0.1, 0.15) is 24.0 Å². The third-order valence-corrected chi connectivity index (χ3v) is 6.45. The first-order valence-electron chi connectivity index (χ1n) is 10.4. The smallest absolute Gasteiger partial charge is 0.144 e. The van der Waals surface area contributed by atoms with Crippen molar-refractivity contribution < 1.29 is 8.78 Å². The van der Waals surface area contributed by atoms with E-state index >= 15 is 0 Å². The van der Waals surface area contributed by atoms with E-state index in [1.807, 2.05) is 6.07 Å². The van der Waals surface area contributed by atoms with Crippen LogP contribution in [0.3, 0.4) is 0 Å². The number of fused-ring (bicyclic) bond motifs is 2. The zero-order chi connectivity index (χ0) is 22.4. The Morgan fingerprint density at radius 3 is 2.81 bits per heavy atom. The number of nitrogens with zero attached hydrogens (tertiary/aromatic N) is 4. The van der Waals surface area contributed by atoms with E-state index in [0.29, 0.717) is 17.1 Å². The monoisotopic (exact) mass is 454 g/mol. The van der Waals surface area contributed by atoms with Crippen LogP contribution in [0.2, 0.25) is 0 Å². The molecule has 1 aromatic heterocycles. The number of nitrogens with one attached hydrogen (secondary N) is 2. The summed E-state index contributed by atoms with van der Waals surface area (Å²) >= 11 is 6.59. The number of rotatable bonds is 2. The molecule has 5 rings (SSSR count). The lowest BCUT2D eigenvalue weighted by atomic mass is 9.99. The fourth-order valence-electron chi connectivity index (χ4n) is 4.27. The van der Waals surface area contributed by atoms with Gasteiger partial charge in [-0.15, -0.1) is 12.3 Å². The van der Waals surface area contributed by atoms with Gasteiger partial charge < -0.3 is 15.6 Å². The average Bonchev–Trinajstić information content (AvgIpc) is 2.98. The van der Waals surface area contributed by atoms with Gasteiger partial charge >= 0.3 is 0 Å². The first-order valence-corrected chi connectivity index (χ1v) is 10.8. The molecule has 2 unspecified atom stereocenters. The summed E-state index contributed by atoms with van der Waals surface area (Å²) in [6.45, 7) is 1.58. The summed E-state index contributed by atoms with van der Waals surface area (Å²) in [5.74, 6) is 2.39. The van der Waals surface area contributed by atoms with Crippen molar-refractivity contribution in [2.45, 2.75) is 18.3 Å². The van der Waals surface area contributed by atoms with Gasteiger partial charge in [0.25, 0.3) is 0 Å². The number of hydrogen-bond donors (Lipinski definition) is 2. The first kappa shape index (κ1) is 20.7. The van der Waals surface area contributed by atoms with Gasteiger partial charge in [-0.3, -0.25) is 0 Å². The minimum atomic E-state index is -0.717. The average molecular weight is 455 g/mol. The molecule has 3 aliphatic rings. The second-order valence-corrected chi connectivity index (χ2v) is 8.45. The Balaban J connectivity index is 1.64. The van der Waals surface area contributed by atoms with Gasteiger partial charge in [-0.1, -0.05) is 17.7 Å². The van der Waals surface area contributed by atoms with Crippen LogP contribution in [0.4, 0.5) is 20.3 Å². The molecule has 0 amide bonds. The summed E-state index contributed by atoms with van der Waals surface area (Å²) in [5, 5.41) is 4.77. The summed E-state index contributed by atoms with van der Waals surface area (Å²) < 4.78 is 29.1. The number of halogens is 3. The molecule has 0 aliphatic carbocycles. The predicted molar refractivity (Wildman–Crippen MR) is 121 cm³/mol. The number of likely N-dealkylation sites (N-methyl/N-ethyl adjacent to an activating group) is 1. The second kappa shape index (κ2) is 8.08. The minimum Gasteiger partial charge on any atom is -0.355 e. The number of piperidine rings is 1. The van der Waals surface area contributed by atoms with Gasteiger partial charge in [0, 0.05) is 31.6 Å². The van der Waals surface area contributed by atoms with Crippen LogP contribution < -0.4 is 15.6 Å². The normalized spacial score (nSPS) is 22.8. The van der Waals surface area contributed by atoms with Gasteiger partial charge in [0.1, 0.15) is 28.8 Å². The quantitative estimate of drug-likeness (QED) is 0.413. The standard InChI is InChI=1S/C23H21ClF2N6/c1-3-13-6-5-9-32(12-13)18-10-14-17(11-27-18)28-23(19-15(25)7-4-8-16(19)26)29-21-20(14)30-31(2)22(21)24/h1,4,7-8,10-11,13,22,30H,5-6,9,12H2,2H3,(H,28,29). The molecule has 0 spiro atoms. The van der Waals surface area contributed by atoms with Crippen molar-refractivity contribution in [3.63, 3.8) is 0 Å². The number of amidine groups is 1. The van der Waals surface area contributed by atoms with Gasteiger partial charge in [0.2, 0.25) is 0 Å². The van der Waals surface area contributed by atoms with Gasteiger partial charge in [0.15, 0.2) is 0 Å². The fraction of sp³-hybridized carbons (Fsp3) is 0.304. The Labute approximate surface area is 189 Å². The zero-order valence-electron chi connectivity index (χ0n) is 17.4. The van der Waals surface area contributed by atoms with Crippen molar-refractivity contribution in [3.05, 3.63) is 58.9 Å². The highest BCUT2D eigenvalue weighted by Crippen LogP contribution is 2.37. The third-order valence-electron chi connectivity index (χ3n) is 5.94. The number of aliphatic imine (C=N–C) groups is 1. The molecule has 2 N–H and O–H groups in total. The molecule has 1 aromatic carbocycles. The molecule has 9 heteroatoms. The van der Waals surface area contributed by atoms with Crippen molar-refractivity contribution >= 4 is 34.6 Å². The van der Waals surface area contributed by atoms with Crippen LogP contribution in [0.25, 0.3) is 5.70 Å². The highest BCUT2D eigenvalue weighted by Gasteiger charge is 2.35. The van der Waals surface area contributed by atoms with E-state index in [-0.39, 0.29) is 17.3 Å². The highest BCUT2D eigenvalue weighted by atomic mass is 35.5. The molecule has 0 radical (unpaired) electrons. The lowest BCUT2D eigenvalue weighted by Gasteiger charge is -2.31. The molecule has 3 aliphatic heterocycles. The molecule has 6 nitrogen and oxygen atoms in total. The van der Waals surface area contributed by atoms with Crippen molar-refractivity contribution in [1.29, 1.82) is 0 Å². The Kier molecular flexibility index (Phi) is 5.24. The topological polar surface area (TPSA) is 55.8 Å². The molecule has 1 saturated heterocycles. The lowest BCUT2D eigenvalue weighted by Crippen LogP contribution is -2.36. The van der Waals surface area contributed by atoms with E-state index < -0.39 is 17.1 Å². The molecule has 0 bridgehead atoms. The fourth-order valence-corrected chi connectivity index (χ4v) is 4.48. The van der Waals surface area contributed by atoms with Gasteiger partial charge in [-0.2, -0.15) is 0 Å². The molecular weight excluding hydrogens is 434 g/mol. The lowest BCUT2D eigenvalue weighted by molar-refractivity contribution is 0.306. The summed E-state index contributed by atoms with van der Waals surface area (Å²) in [6, 6.07) is 5.63. The van der Waals surface area contributed by atoms with Crippen molar-refractivity contribution in [2.24, 2.45) is 10.9 Å². The van der Waals surface area contributed by atoms with Crippen molar-refractivity contribution in [2.75, 3.05) is 25.0 Å². The van der Waals surface area contributed by atoms with E-state index in [9.17, 15) is 8.78 Å². The number of pyridine rings is 1. The summed E-state index contributed by atoms with van der Waals surface area (Å²) in [7, 11) is 1.79. The number of aromatic nitrogens is 1. The number of anilines is 1. The van der Waals surface area contributed by atoms with Gasteiger partial charge in [-0.25, -0.2) is 23.8 Å². The zero-order valence-corrected chi connectivity index (χ0v) is 18.1. The van der Waals surface area contributed by atoms with Crippen LogP contribution >= 0.6 is 11.6 Å². The number of terminal acetylenes is 1.